The van der Waals surface area contributed by atoms with E-state index in [1.807, 2.05) is 24.3 Å². The second-order valence-corrected chi connectivity index (χ2v) is 8.21. The monoisotopic (exact) mass is 398 g/mol. The van der Waals surface area contributed by atoms with E-state index < -0.39 is 5.60 Å². The maximum atomic E-state index is 13.4. The first kappa shape index (κ1) is 21.6. The van der Waals surface area contributed by atoms with Gasteiger partial charge in [0.2, 0.25) is 0 Å². The Hall–Kier alpha value is -2.14. The number of hydrogen-bond donors (Lipinski definition) is 1. The fraction of sp³-hybridized carbons (Fsp3) is 0.583. The first-order valence-corrected chi connectivity index (χ1v) is 11.1. The Labute approximate surface area is 174 Å². The van der Waals surface area contributed by atoms with E-state index in [1.54, 1.807) is 6.20 Å². The summed E-state index contributed by atoms with van der Waals surface area (Å²) in [5, 5.41) is 4.05. The average Bonchev–Trinajstić information content (AvgIpc) is 2.74. The fourth-order valence-electron chi connectivity index (χ4n) is 4.14. The van der Waals surface area contributed by atoms with Crippen LogP contribution in [0, 0.1) is 5.92 Å². The lowest BCUT2D eigenvalue weighted by atomic mass is 9.78. The molecule has 1 aliphatic carbocycles. The molecule has 0 spiro atoms. The topological polar surface area (TPSA) is 60.5 Å². The molecule has 1 fully saturated rings. The van der Waals surface area contributed by atoms with Gasteiger partial charge < -0.3 is 14.8 Å². The van der Waals surface area contributed by atoms with Gasteiger partial charge in [-0.05, 0) is 62.3 Å². The van der Waals surface area contributed by atoms with Crippen LogP contribution in [0.5, 0.6) is 5.75 Å². The first-order chi connectivity index (χ1) is 14.1. The summed E-state index contributed by atoms with van der Waals surface area (Å²) in [5.74, 6) is 1.21. The molecule has 1 amide bonds. The van der Waals surface area contributed by atoms with E-state index in [0.29, 0.717) is 19.1 Å². The van der Waals surface area contributed by atoms with Crippen LogP contribution in [0.1, 0.15) is 65.7 Å². The molecule has 0 saturated heterocycles. The van der Waals surface area contributed by atoms with Crippen molar-refractivity contribution in [3.05, 3.63) is 30.5 Å². The van der Waals surface area contributed by atoms with E-state index in [0.717, 1.165) is 67.3 Å². The molecular formula is C24H34N2O3. The molecule has 1 saturated carbocycles. The molecule has 1 aliphatic rings. The molecule has 29 heavy (non-hydrogen) atoms. The molecule has 158 valence electrons. The summed E-state index contributed by atoms with van der Waals surface area (Å²) in [6, 6.07) is 7.69. The van der Waals surface area contributed by atoms with E-state index in [9.17, 15) is 4.79 Å². The van der Waals surface area contributed by atoms with Crippen LogP contribution in [0.3, 0.4) is 0 Å². The van der Waals surface area contributed by atoms with Crippen molar-refractivity contribution in [3.8, 4) is 5.75 Å². The van der Waals surface area contributed by atoms with Crippen molar-refractivity contribution in [2.45, 2.75) is 71.3 Å². The summed E-state index contributed by atoms with van der Waals surface area (Å²) in [5.41, 5.74) is 0.805. The normalized spacial score (nSPS) is 21.8. The predicted molar refractivity (Wildman–Crippen MR) is 117 cm³/mol. The fourth-order valence-corrected chi connectivity index (χ4v) is 4.14. The first-order valence-electron chi connectivity index (χ1n) is 11.1. The number of carbonyl (C=O) groups excluding carboxylic acids is 1. The maximum absolute atomic E-state index is 13.4. The number of ether oxygens (including phenoxy) is 2. The van der Waals surface area contributed by atoms with E-state index in [2.05, 4.69) is 31.1 Å². The van der Waals surface area contributed by atoms with Gasteiger partial charge in [0.15, 0.2) is 0 Å². The SMILES string of the molecule is CCCCOc1ccc(NC(=O)[C@]2(OCCC)CCC[C@H](C)C2)c2cccnc12. The van der Waals surface area contributed by atoms with Crippen LogP contribution >= 0.6 is 0 Å². The third-order valence-electron chi connectivity index (χ3n) is 5.69. The molecule has 3 rings (SSSR count). The van der Waals surface area contributed by atoms with Gasteiger partial charge in [-0.15, -0.1) is 0 Å². The minimum absolute atomic E-state index is 0.0395. The van der Waals surface area contributed by atoms with Crippen molar-refractivity contribution in [2.24, 2.45) is 5.92 Å². The molecule has 2 aromatic rings. The number of rotatable bonds is 9. The molecule has 0 radical (unpaired) electrons. The number of aromatic nitrogens is 1. The standard InChI is InChI=1S/C24H34N2O3/c1-4-6-16-28-21-12-11-20(19-10-8-14-25-22(19)21)26-23(27)24(29-15-5-2)13-7-9-18(3)17-24/h8,10-12,14,18H,4-7,9,13,15-17H2,1-3H3,(H,26,27)/t18-,24-/m0/s1. The van der Waals surface area contributed by atoms with Gasteiger partial charge in [-0.2, -0.15) is 0 Å². The van der Waals surface area contributed by atoms with Gasteiger partial charge in [0.25, 0.3) is 5.91 Å². The maximum Gasteiger partial charge on any atom is 0.256 e. The zero-order valence-corrected chi connectivity index (χ0v) is 18.0. The van der Waals surface area contributed by atoms with Crippen molar-refractivity contribution >= 4 is 22.5 Å². The van der Waals surface area contributed by atoms with E-state index >= 15 is 0 Å². The van der Waals surface area contributed by atoms with Crippen molar-refractivity contribution in [1.82, 2.24) is 4.98 Å². The smallest absolute Gasteiger partial charge is 0.256 e. The Morgan fingerprint density at radius 2 is 2.10 bits per heavy atom. The number of amides is 1. The second kappa shape index (κ2) is 10.1. The zero-order valence-electron chi connectivity index (χ0n) is 18.0. The van der Waals surface area contributed by atoms with Gasteiger partial charge >= 0.3 is 0 Å². The van der Waals surface area contributed by atoms with Gasteiger partial charge in [0.05, 0.1) is 12.3 Å². The molecule has 1 heterocycles. The van der Waals surface area contributed by atoms with Crippen molar-refractivity contribution in [1.29, 1.82) is 0 Å². The van der Waals surface area contributed by atoms with Gasteiger partial charge in [-0.3, -0.25) is 9.78 Å². The minimum atomic E-state index is -0.738. The average molecular weight is 399 g/mol. The highest BCUT2D eigenvalue weighted by Gasteiger charge is 2.42. The van der Waals surface area contributed by atoms with Crippen LogP contribution in [0.4, 0.5) is 5.69 Å². The van der Waals surface area contributed by atoms with Gasteiger partial charge in [0, 0.05) is 18.2 Å². The lowest BCUT2D eigenvalue weighted by molar-refractivity contribution is -0.148. The van der Waals surface area contributed by atoms with Crippen molar-refractivity contribution in [2.75, 3.05) is 18.5 Å². The summed E-state index contributed by atoms with van der Waals surface area (Å²) in [6.45, 7) is 7.69. The molecule has 2 atom stereocenters. The van der Waals surface area contributed by atoms with Gasteiger partial charge in [-0.1, -0.05) is 33.6 Å². The molecule has 0 bridgehead atoms. The number of hydrogen-bond acceptors (Lipinski definition) is 4. The lowest BCUT2D eigenvalue weighted by Crippen LogP contribution is -2.48. The largest absolute Gasteiger partial charge is 0.491 e. The van der Waals surface area contributed by atoms with Crippen LogP contribution in [-0.2, 0) is 9.53 Å². The van der Waals surface area contributed by atoms with Crippen LogP contribution in [-0.4, -0.2) is 29.7 Å². The summed E-state index contributed by atoms with van der Waals surface area (Å²) < 4.78 is 12.1. The number of fused-ring (bicyclic) bond motifs is 1. The van der Waals surface area contributed by atoms with Crippen LogP contribution in [0.2, 0.25) is 0 Å². The molecule has 5 heteroatoms. The van der Waals surface area contributed by atoms with Crippen LogP contribution < -0.4 is 10.1 Å². The molecule has 1 N–H and O–H groups in total. The van der Waals surface area contributed by atoms with Gasteiger partial charge in [0.1, 0.15) is 16.9 Å². The minimum Gasteiger partial charge on any atom is -0.491 e. The highest BCUT2D eigenvalue weighted by molar-refractivity contribution is 6.05. The number of unbranched alkanes of at least 4 members (excludes halogenated alkanes) is 1. The molecule has 1 aromatic carbocycles. The number of anilines is 1. The van der Waals surface area contributed by atoms with E-state index in [-0.39, 0.29) is 5.91 Å². The Morgan fingerprint density at radius 1 is 1.24 bits per heavy atom. The summed E-state index contributed by atoms with van der Waals surface area (Å²) >= 11 is 0. The summed E-state index contributed by atoms with van der Waals surface area (Å²) in [6.07, 6.45) is 8.46. The van der Waals surface area contributed by atoms with E-state index in [1.165, 1.54) is 0 Å². The van der Waals surface area contributed by atoms with E-state index in [4.69, 9.17) is 9.47 Å². The molecular weight excluding hydrogens is 364 g/mol. The number of benzene rings is 1. The second-order valence-electron chi connectivity index (χ2n) is 8.21. The predicted octanol–water partition coefficient (Wildman–Crippen LogP) is 5.73. The molecule has 0 unspecified atom stereocenters. The Morgan fingerprint density at radius 3 is 2.86 bits per heavy atom. The molecule has 0 aliphatic heterocycles. The van der Waals surface area contributed by atoms with Crippen molar-refractivity contribution in [3.63, 3.8) is 0 Å². The van der Waals surface area contributed by atoms with Crippen LogP contribution in [0.25, 0.3) is 10.9 Å². The molecule has 1 aromatic heterocycles. The number of nitrogens with zero attached hydrogens (tertiary/aromatic N) is 1. The Bertz CT molecular complexity index is 823. The highest BCUT2D eigenvalue weighted by Crippen LogP contribution is 2.37. The third-order valence-corrected chi connectivity index (χ3v) is 5.69. The number of nitrogens with one attached hydrogen (secondary N) is 1. The number of carbonyl (C=O) groups is 1. The Kier molecular flexibility index (Phi) is 7.48. The van der Waals surface area contributed by atoms with Crippen molar-refractivity contribution < 1.29 is 14.3 Å². The highest BCUT2D eigenvalue weighted by atomic mass is 16.5. The quantitative estimate of drug-likeness (QED) is 0.548. The van der Waals surface area contributed by atoms with Gasteiger partial charge in [-0.25, -0.2) is 0 Å². The number of pyridine rings is 1. The molecule has 5 nitrogen and oxygen atoms in total. The summed E-state index contributed by atoms with van der Waals surface area (Å²) in [7, 11) is 0. The zero-order chi connectivity index (χ0) is 20.7. The van der Waals surface area contributed by atoms with Crippen LogP contribution in [0.15, 0.2) is 30.5 Å². The third kappa shape index (κ3) is 5.08. The summed E-state index contributed by atoms with van der Waals surface area (Å²) in [4.78, 5) is 17.9. The Balaban J connectivity index is 1.86. The lowest BCUT2D eigenvalue weighted by Gasteiger charge is -2.38.